The molecule has 0 aliphatic carbocycles. The third kappa shape index (κ3) is 3.93. The van der Waals surface area contributed by atoms with Crippen molar-refractivity contribution in [3.8, 4) is 5.75 Å². The number of pyridine rings is 1. The van der Waals surface area contributed by atoms with E-state index in [0.29, 0.717) is 18.0 Å². The molecule has 0 radical (unpaired) electrons. The van der Waals surface area contributed by atoms with E-state index in [1.54, 1.807) is 12.3 Å². The Morgan fingerprint density at radius 2 is 2.05 bits per heavy atom. The van der Waals surface area contributed by atoms with Crippen molar-refractivity contribution in [2.24, 2.45) is 5.14 Å². The number of hydrogen-bond acceptors (Lipinski definition) is 5. The zero-order valence-corrected chi connectivity index (χ0v) is 12.6. The Labute approximate surface area is 124 Å². The molecule has 0 aliphatic heterocycles. The molecule has 0 saturated carbocycles. The van der Waals surface area contributed by atoms with Gasteiger partial charge in [0, 0.05) is 18.4 Å². The average Bonchev–Trinajstić information content (AvgIpc) is 2.45. The minimum atomic E-state index is -3.75. The van der Waals surface area contributed by atoms with Crippen molar-refractivity contribution in [3.63, 3.8) is 0 Å². The number of ether oxygens (including phenoxy) is 1. The smallest absolute Gasteiger partial charge is 0.238 e. The van der Waals surface area contributed by atoms with Gasteiger partial charge in [0.05, 0.1) is 17.7 Å². The van der Waals surface area contributed by atoms with Gasteiger partial charge in [0.25, 0.3) is 0 Å². The predicted molar refractivity (Wildman–Crippen MR) is 80.7 cm³/mol. The monoisotopic (exact) mass is 307 g/mol. The third-order valence-corrected chi connectivity index (χ3v) is 3.87. The van der Waals surface area contributed by atoms with E-state index in [1.165, 1.54) is 19.2 Å². The number of nitrogens with one attached hydrogen (secondary N) is 1. The lowest BCUT2D eigenvalue weighted by Gasteiger charge is -2.12. The summed E-state index contributed by atoms with van der Waals surface area (Å²) in [5.74, 6) is 0.544. The van der Waals surface area contributed by atoms with Gasteiger partial charge < -0.3 is 10.1 Å². The molecule has 1 heterocycles. The van der Waals surface area contributed by atoms with Crippen LogP contribution in [-0.2, 0) is 16.6 Å². The van der Waals surface area contributed by atoms with Gasteiger partial charge in [-0.2, -0.15) is 0 Å². The first-order chi connectivity index (χ1) is 9.90. The van der Waals surface area contributed by atoms with Crippen molar-refractivity contribution in [2.75, 3.05) is 12.4 Å². The predicted octanol–water partition coefficient (Wildman–Crippen LogP) is 1.66. The van der Waals surface area contributed by atoms with Crippen LogP contribution >= 0.6 is 0 Å². The quantitative estimate of drug-likeness (QED) is 0.876. The number of primary sulfonamides is 1. The molecule has 0 saturated heterocycles. The summed E-state index contributed by atoms with van der Waals surface area (Å²) in [4.78, 5) is 4.24. The molecule has 1 aromatic heterocycles. The van der Waals surface area contributed by atoms with Crippen molar-refractivity contribution in [2.45, 2.75) is 18.4 Å². The van der Waals surface area contributed by atoms with E-state index in [4.69, 9.17) is 9.88 Å². The van der Waals surface area contributed by atoms with Crippen molar-refractivity contribution in [3.05, 3.63) is 47.8 Å². The number of aromatic nitrogens is 1. The van der Waals surface area contributed by atoms with Crippen LogP contribution in [0.4, 0.5) is 5.69 Å². The molecular formula is C14H17N3O3S. The Bertz CT molecular complexity index is 728. The maximum Gasteiger partial charge on any atom is 0.238 e. The maximum absolute atomic E-state index is 11.4. The van der Waals surface area contributed by atoms with Gasteiger partial charge in [-0.1, -0.05) is 6.07 Å². The molecule has 2 rings (SSSR count). The molecule has 112 valence electrons. The van der Waals surface area contributed by atoms with Crippen molar-refractivity contribution in [1.29, 1.82) is 0 Å². The van der Waals surface area contributed by atoms with Crippen LogP contribution in [0.15, 0.2) is 41.4 Å². The Kier molecular flexibility index (Phi) is 4.44. The first-order valence-electron chi connectivity index (χ1n) is 6.26. The molecule has 21 heavy (non-hydrogen) atoms. The van der Waals surface area contributed by atoms with Gasteiger partial charge in [-0.05, 0) is 36.8 Å². The normalized spacial score (nSPS) is 11.2. The molecule has 0 fully saturated rings. The minimum absolute atomic E-state index is 0.0350. The molecule has 6 nitrogen and oxygen atoms in total. The summed E-state index contributed by atoms with van der Waals surface area (Å²) in [6, 6.07) is 8.29. The summed E-state index contributed by atoms with van der Waals surface area (Å²) >= 11 is 0. The second-order valence-electron chi connectivity index (χ2n) is 4.57. The van der Waals surface area contributed by atoms with Crippen LogP contribution in [0, 0.1) is 6.92 Å². The molecule has 0 spiro atoms. The number of anilines is 1. The summed E-state index contributed by atoms with van der Waals surface area (Å²) in [5, 5.41) is 8.26. The lowest BCUT2D eigenvalue weighted by atomic mass is 10.2. The number of hydrogen-bond donors (Lipinski definition) is 2. The highest BCUT2D eigenvalue weighted by atomic mass is 32.2. The molecule has 0 amide bonds. The molecule has 0 aliphatic rings. The number of sulfonamides is 1. The fourth-order valence-electron chi connectivity index (χ4n) is 1.80. The first-order valence-corrected chi connectivity index (χ1v) is 7.81. The molecule has 3 N–H and O–H groups in total. The molecule has 0 bridgehead atoms. The number of nitrogens with zero attached hydrogens (tertiary/aromatic N) is 1. The van der Waals surface area contributed by atoms with Gasteiger partial charge in [0.15, 0.2) is 0 Å². The molecule has 7 heteroatoms. The van der Waals surface area contributed by atoms with E-state index in [-0.39, 0.29) is 4.90 Å². The fraction of sp³-hybridized carbons (Fsp3) is 0.214. The molecule has 1 aromatic carbocycles. The number of benzene rings is 1. The largest absolute Gasteiger partial charge is 0.495 e. The van der Waals surface area contributed by atoms with E-state index in [2.05, 4.69) is 10.3 Å². The standard InChI is InChI=1S/C14H17N3O3S/c1-10-3-4-11(8-16-10)9-17-13-7-12(21(15,18)19)5-6-14(13)20-2/h3-8,17H,9H2,1-2H3,(H2,15,18,19). The Balaban J connectivity index is 2.23. The highest BCUT2D eigenvalue weighted by Gasteiger charge is 2.11. The summed E-state index contributed by atoms with van der Waals surface area (Å²) < 4.78 is 28.0. The highest BCUT2D eigenvalue weighted by Crippen LogP contribution is 2.27. The van der Waals surface area contributed by atoms with E-state index < -0.39 is 10.0 Å². The van der Waals surface area contributed by atoms with E-state index >= 15 is 0 Å². The second-order valence-corrected chi connectivity index (χ2v) is 6.13. The number of nitrogens with two attached hydrogens (primary N) is 1. The van der Waals surface area contributed by atoms with Gasteiger partial charge in [0.2, 0.25) is 10.0 Å². The highest BCUT2D eigenvalue weighted by molar-refractivity contribution is 7.89. The van der Waals surface area contributed by atoms with Crippen LogP contribution in [0.5, 0.6) is 5.75 Å². The molecule has 0 unspecified atom stereocenters. The van der Waals surface area contributed by atoms with Crippen LogP contribution in [0.3, 0.4) is 0 Å². The van der Waals surface area contributed by atoms with Crippen LogP contribution in [0.2, 0.25) is 0 Å². The van der Waals surface area contributed by atoms with Gasteiger partial charge in [0.1, 0.15) is 5.75 Å². The maximum atomic E-state index is 11.4. The van der Waals surface area contributed by atoms with Crippen LogP contribution < -0.4 is 15.2 Å². The van der Waals surface area contributed by atoms with Crippen LogP contribution in [0.25, 0.3) is 0 Å². The SMILES string of the molecule is COc1ccc(S(N)(=O)=O)cc1NCc1ccc(C)nc1. The third-order valence-electron chi connectivity index (χ3n) is 2.96. The average molecular weight is 307 g/mol. The zero-order chi connectivity index (χ0) is 15.5. The minimum Gasteiger partial charge on any atom is -0.495 e. The second kappa shape index (κ2) is 6.11. The lowest BCUT2D eigenvalue weighted by Crippen LogP contribution is -2.13. The molecule has 2 aromatic rings. The van der Waals surface area contributed by atoms with Gasteiger partial charge >= 0.3 is 0 Å². The Morgan fingerprint density at radius 1 is 1.29 bits per heavy atom. The molecule has 0 atom stereocenters. The van der Waals surface area contributed by atoms with Crippen molar-refractivity contribution in [1.82, 2.24) is 4.98 Å². The van der Waals surface area contributed by atoms with Gasteiger partial charge in [-0.25, -0.2) is 13.6 Å². The summed E-state index contributed by atoms with van der Waals surface area (Å²) in [6.45, 7) is 2.41. The summed E-state index contributed by atoms with van der Waals surface area (Å²) in [7, 11) is -2.23. The Hall–Kier alpha value is -2.12. The number of rotatable bonds is 5. The van der Waals surface area contributed by atoms with Crippen LogP contribution in [-0.4, -0.2) is 20.5 Å². The topological polar surface area (TPSA) is 94.3 Å². The summed E-state index contributed by atoms with van der Waals surface area (Å²) in [6.07, 6.45) is 1.76. The van der Waals surface area contributed by atoms with Gasteiger partial charge in [-0.15, -0.1) is 0 Å². The Morgan fingerprint density at radius 3 is 2.62 bits per heavy atom. The zero-order valence-electron chi connectivity index (χ0n) is 11.8. The number of aryl methyl sites for hydroxylation is 1. The van der Waals surface area contributed by atoms with Crippen molar-refractivity contribution >= 4 is 15.7 Å². The first kappa shape index (κ1) is 15.3. The number of methoxy groups -OCH3 is 1. The fourth-order valence-corrected chi connectivity index (χ4v) is 2.34. The lowest BCUT2D eigenvalue weighted by molar-refractivity contribution is 0.416. The van der Waals surface area contributed by atoms with Crippen LogP contribution in [0.1, 0.15) is 11.3 Å². The van der Waals surface area contributed by atoms with E-state index in [9.17, 15) is 8.42 Å². The van der Waals surface area contributed by atoms with E-state index in [0.717, 1.165) is 11.3 Å². The molecular weight excluding hydrogens is 290 g/mol. The van der Waals surface area contributed by atoms with Gasteiger partial charge in [-0.3, -0.25) is 4.98 Å². The van der Waals surface area contributed by atoms with Crippen molar-refractivity contribution < 1.29 is 13.2 Å². The van der Waals surface area contributed by atoms with E-state index in [1.807, 2.05) is 19.1 Å². The summed E-state index contributed by atoms with van der Waals surface area (Å²) in [5.41, 5.74) is 2.47.